The Morgan fingerprint density at radius 3 is 3.00 bits per heavy atom. The summed E-state index contributed by atoms with van der Waals surface area (Å²) >= 11 is 6.12. The second-order valence-corrected chi connectivity index (χ2v) is 6.19. The predicted octanol–water partition coefficient (Wildman–Crippen LogP) is 2.54. The van der Waals surface area contributed by atoms with E-state index in [2.05, 4.69) is 17.2 Å². The Balaban J connectivity index is 2.17. The summed E-state index contributed by atoms with van der Waals surface area (Å²) in [7, 11) is 0. The Morgan fingerprint density at radius 2 is 2.33 bits per heavy atom. The number of anilines is 1. The van der Waals surface area contributed by atoms with Crippen molar-refractivity contribution in [3.8, 4) is 0 Å². The third-order valence-electron chi connectivity index (χ3n) is 3.57. The molecule has 0 aromatic carbocycles. The summed E-state index contributed by atoms with van der Waals surface area (Å²) in [6.45, 7) is 5.54. The van der Waals surface area contributed by atoms with E-state index in [1.54, 1.807) is 24.0 Å². The van der Waals surface area contributed by atoms with Gasteiger partial charge in [0.1, 0.15) is 11.5 Å². The number of amides is 1. The number of hydrogen-bond acceptors (Lipinski definition) is 4. The van der Waals surface area contributed by atoms with Crippen LogP contribution in [0.2, 0.25) is 5.02 Å². The van der Waals surface area contributed by atoms with Crippen LogP contribution in [-0.4, -0.2) is 46.1 Å². The molecule has 0 bridgehead atoms. The zero-order valence-electron chi connectivity index (χ0n) is 12.5. The van der Waals surface area contributed by atoms with Gasteiger partial charge in [-0.15, -0.1) is 0 Å². The summed E-state index contributed by atoms with van der Waals surface area (Å²) in [6, 6.07) is 3.45. The molecule has 6 heteroatoms. The molecule has 1 aromatic rings. The molecule has 1 aliphatic heterocycles. The number of pyridine rings is 1. The minimum absolute atomic E-state index is 0.222. The van der Waals surface area contributed by atoms with Gasteiger partial charge < -0.3 is 15.3 Å². The monoisotopic (exact) mass is 311 g/mol. The lowest BCUT2D eigenvalue weighted by Gasteiger charge is -2.36. The van der Waals surface area contributed by atoms with Gasteiger partial charge in [-0.1, -0.05) is 18.5 Å². The molecule has 2 heterocycles. The Bertz CT molecular complexity index is 520. The highest BCUT2D eigenvalue weighted by atomic mass is 35.5. The van der Waals surface area contributed by atoms with Crippen molar-refractivity contribution in [2.75, 3.05) is 25.0 Å². The van der Waals surface area contributed by atoms with E-state index >= 15 is 0 Å². The van der Waals surface area contributed by atoms with Crippen molar-refractivity contribution in [1.82, 2.24) is 9.88 Å². The smallest absolute Gasteiger partial charge is 0.274 e. The fourth-order valence-electron chi connectivity index (χ4n) is 2.49. The largest absolute Gasteiger partial charge is 0.388 e. The van der Waals surface area contributed by atoms with Crippen LogP contribution in [0.3, 0.4) is 0 Å². The van der Waals surface area contributed by atoms with Gasteiger partial charge >= 0.3 is 0 Å². The van der Waals surface area contributed by atoms with Crippen LogP contribution >= 0.6 is 11.6 Å². The normalized spacial score (nSPS) is 22.2. The van der Waals surface area contributed by atoms with Crippen molar-refractivity contribution in [3.63, 3.8) is 0 Å². The fraction of sp³-hybridized carbons (Fsp3) is 0.600. The summed E-state index contributed by atoms with van der Waals surface area (Å²) in [5, 5.41) is 13.6. The van der Waals surface area contributed by atoms with Crippen LogP contribution in [0.4, 0.5) is 5.82 Å². The second-order valence-electron chi connectivity index (χ2n) is 5.78. The number of carbonyl (C=O) groups excluding carboxylic acids is 1. The van der Waals surface area contributed by atoms with Crippen LogP contribution in [0.1, 0.15) is 43.6 Å². The number of β-amino-alcohol motifs (C(OH)–C–C–N with tert-alkyl or cyclic N) is 1. The molecule has 0 aliphatic carbocycles. The zero-order valence-corrected chi connectivity index (χ0v) is 13.3. The van der Waals surface area contributed by atoms with Crippen molar-refractivity contribution in [3.05, 3.63) is 22.8 Å². The number of carbonyl (C=O) groups is 1. The molecular weight excluding hydrogens is 290 g/mol. The number of halogens is 1. The molecule has 1 aromatic heterocycles. The van der Waals surface area contributed by atoms with E-state index in [1.807, 2.05) is 0 Å². The zero-order chi connectivity index (χ0) is 15.5. The third-order valence-corrected chi connectivity index (χ3v) is 3.87. The standard InChI is InChI=1S/C15H22ClN3O2/c1-3-8-17-12-6-5-11(16)13(18-12)14(20)19-9-4-7-15(2,21)10-19/h5-6,21H,3-4,7-10H2,1-2H3,(H,17,18). The van der Waals surface area contributed by atoms with Gasteiger partial charge in [0.25, 0.3) is 5.91 Å². The van der Waals surface area contributed by atoms with Crippen LogP contribution in [0, 0.1) is 0 Å². The highest BCUT2D eigenvalue weighted by Gasteiger charge is 2.32. The number of aromatic nitrogens is 1. The summed E-state index contributed by atoms with van der Waals surface area (Å²) in [5.41, 5.74) is -0.589. The number of rotatable bonds is 4. The SMILES string of the molecule is CCCNc1ccc(Cl)c(C(=O)N2CCCC(C)(O)C2)n1. The molecule has 0 radical (unpaired) electrons. The van der Waals surface area contributed by atoms with Crippen LogP contribution in [-0.2, 0) is 0 Å². The highest BCUT2D eigenvalue weighted by molar-refractivity contribution is 6.33. The van der Waals surface area contributed by atoms with Gasteiger partial charge in [0.15, 0.2) is 0 Å². The van der Waals surface area contributed by atoms with Gasteiger partial charge in [-0.2, -0.15) is 0 Å². The Hall–Kier alpha value is -1.33. The van der Waals surface area contributed by atoms with Crippen molar-refractivity contribution < 1.29 is 9.90 Å². The highest BCUT2D eigenvalue weighted by Crippen LogP contribution is 2.24. The van der Waals surface area contributed by atoms with Crippen LogP contribution in [0.25, 0.3) is 0 Å². The minimum Gasteiger partial charge on any atom is -0.388 e. The van der Waals surface area contributed by atoms with Crippen LogP contribution in [0.15, 0.2) is 12.1 Å². The average molecular weight is 312 g/mol. The first kappa shape index (κ1) is 16.0. The van der Waals surface area contributed by atoms with Crippen LogP contribution in [0.5, 0.6) is 0 Å². The van der Waals surface area contributed by atoms with E-state index in [1.165, 1.54) is 0 Å². The number of hydrogen-bond donors (Lipinski definition) is 2. The van der Waals surface area contributed by atoms with Crippen LogP contribution < -0.4 is 5.32 Å². The summed E-state index contributed by atoms with van der Waals surface area (Å²) < 4.78 is 0. The topological polar surface area (TPSA) is 65.5 Å². The van der Waals surface area contributed by atoms with E-state index in [0.717, 1.165) is 19.4 Å². The molecule has 1 aliphatic rings. The number of nitrogens with zero attached hydrogens (tertiary/aromatic N) is 2. The fourth-order valence-corrected chi connectivity index (χ4v) is 2.67. The van der Waals surface area contributed by atoms with E-state index in [-0.39, 0.29) is 11.6 Å². The maximum absolute atomic E-state index is 12.6. The van der Waals surface area contributed by atoms with Gasteiger partial charge in [-0.05, 0) is 38.3 Å². The molecule has 0 spiro atoms. The maximum Gasteiger partial charge on any atom is 0.274 e. The molecule has 1 fully saturated rings. The van der Waals surface area contributed by atoms with Gasteiger partial charge in [0, 0.05) is 19.6 Å². The molecular formula is C15H22ClN3O2. The molecule has 1 amide bonds. The van der Waals surface area contributed by atoms with E-state index in [0.29, 0.717) is 30.4 Å². The first-order valence-corrected chi connectivity index (χ1v) is 7.73. The lowest BCUT2D eigenvalue weighted by molar-refractivity contribution is -0.0109. The van der Waals surface area contributed by atoms with Gasteiger partial charge in [0.05, 0.1) is 10.6 Å². The molecule has 5 nitrogen and oxygen atoms in total. The maximum atomic E-state index is 12.6. The molecule has 0 saturated carbocycles. The molecule has 2 rings (SSSR count). The lowest BCUT2D eigenvalue weighted by atomic mass is 9.95. The van der Waals surface area contributed by atoms with E-state index < -0.39 is 5.60 Å². The molecule has 2 N–H and O–H groups in total. The first-order chi connectivity index (χ1) is 9.93. The number of aliphatic hydroxyl groups is 1. The summed E-state index contributed by atoms with van der Waals surface area (Å²) in [6.07, 6.45) is 2.46. The Kier molecular flexibility index (Phi) is 5.06. The average Bonchev–Trinajstić information content (AvgIpc) is 2.44. The van der Waals surface area contributed by atoms with E-state index in [4.69, 9.17) is 11.6 Å². The minimum atomic E-state index is -0.835. The van der Waals surface area contributed by atoms with Gasteiger partial charge in [-0.3, -0.25) is 4.79 Å². The second kappa shape index (κ2) is 6.62. The number of nitrogens with one attached hydrogen (secondary N) is 1. The number of likely N-dealkylation sites (tertiary alicyclic amines) is 1. The van der Waals surface area contributed by atoms with E-state index in [9.17, 15) is 9.90 Å². The van der Waals surface area contributed by atoms with Crippen molar-refractivity contribution in [1.29, 1.82) is 0 Å². The number of piperidine rings is 1. The molecule has 21 heavy (non-hydrogen) atoms. The lowest BCUT2D eigenvalue weighted by Crippen LogP contribution is -2.48. The van der Waals surface area contributed by atoms with Crippen molar-refractivity contribution in [2.45, 2.75) is 38.7 Å². The summed E-state index contributed by atoms with van der Waals surface area (Å²) in [4.78, 5) is 18.5. The first-order valence-electron chi connectivity index (χ1n) is 7.35. The Labute approximate surface area is 130 Å². The summed E-state index contributed by atoms with van der Waals surface area (Å²) in [5.74, 6) is 0.425. The van der Waals surface area contributed by atoms with Gasteiger partial charge in [0.2, 0.25) is 0 Å². The van der Waals surface area contributed by atoms with Crippen molar-refractivity contribution in [2.24, 2.45) is 0 Å². The Morgan fingerprint density at radius 1 is 1.57 bits per heavy atom. The predicted molar refractivity (Wildman–Crippen MR) is 83.8 cm³/mol. The van der Waals surface area contributed by atoms with Crippen molar-refractivity contribution >= 4 is 23.3 Å². The van der Waals surface area contributed by atoms with Gasteiger partial charge in [-0.25, -0.2) is 4.98 Å². The molecule has 1 atom stereocenters. The third kappa shape index (κ3) is 4.08. The molecule has 1 saturated heterocycles. The molecule has 116 valence electrons. The molecule has 1 unspecified atom stereocenters. The quantitative estimate of drug-likeness (QED) is 0.897.